The van der Waals surface area contributed by atoms with Crippen molar-refractivity contribution in [3.05, 3.63) is 72.9 Å². The van der Waals surface area contributed by atoms with Crippen LogP contribution in [0.25, 0.3) is 0 Å². The summed E-state index contributed by atoms with van der Waals surface area (Å²) in [5.41, 5.74) is 0. The van der Waals surface area contributed by atoms with Gasteiger partial charge in [0.15, 0.2) is 6.29 Å². The first-order valence-corrected chi connectivity index (χ1v) is 26.1. The van der Waals surface area contributed by atoms with Crippen molar-refractivity contribution in [3.8, 4) is 0 Å². The Labute approximate surface area is 388 Å². The van der Waals surface area contributed by atoms with Crippen LogP contribution in [0.2, 0.25) is 0 Å². The molecule has 4 N–H and O–H groups in total. The fourth-order valence-corrected chi connectivity index (χ4v) is 7.65. The molecule has 0 bridgehead atoms. The molecule has 0 aromatic carbocycles. The van der Waals surface area contributed by atoms with Crippen LogP contribution in [0.3, 0.4) is 0 Å². The summed E-state index contributed by atoms with van der Waals surface area (Å²) in [5.74, 6) is -0.407. The summed E-state index contributed by atoms with van der Waals surface area (Å²) >= 11 is 0. The van der Waals surface area contributed by atoms with E-state index in [0.717, 1.165) is 89.9 Å². The number of carbonyl (C=O) groups excluding carboxylic acids is 1. The van der Waals surface area contributed by atoms with Crippen molar-refractivity contribution in [1.29, 1.82) is 0 Å². The van der Waals surface area contributed by atoms with Gasteiger partial charge in [-0.15, -0.1) is 0 Å². The van der Waals surface area contributed by atoms with Gasteiger partial charge in [0.25, 0.3) is 0 Å². The standard InChI is InChI=1S/C51H88O12S/c1-3-5-7-9-11-13-15-16-17-18-19-20-21-22-23-24-25-26-27-28-29-31-33-35-37-39-41-59-43-45(61-47(53)40-38-36-34-32-30-14-12-10-8-6-4-2)44-60-51-49(55)50(63-64(56,57)58)48(54)46(42-52)62-51/h5,7,11,13,16-17,19-20,22-23,25-26,45-46,48-52,54-55H,3-4,6,8-10,12,14-15,18,21,24,27-44H2,1-2H3,(H,56,57,58)/b7-5-,13-11-,17-16-,20-19-,23-22-,26-25-. The predicted molar refractivity (Wildman–Crippen MR) is 257 cm³/mol. The van der Waals surface area contributed by atoms with Crippen LogP contribution in [-0.4, -0.2) is 97.5 Å². The zero-order valence-electron chi connectivity index (χ0n) is 39.6. The summed E-state index contributed by atoms with van der Waals surface area (Å²) in [5, 5.41) is 30.7. The molecule has 13 heteroatoms. The van der Waals surface area contributed by atoms with Gasteiger partial charge in [-0.3, -0.25) is 9.35 Å². The number of hydrogen-bond acceptors (Lipinski definition) is 11. The smallest absolute Gasteiger partial charge is 0.397 e. The number of aliphatic hydroxyl groups is 3. The largest absolute Gasteiger partial charge is 0.457 e. The molecule has 0 spiro atoms. The Morgan fingerprint density at radius 1 is 0.609 bits per heavy atom. The van der Waals surface area contributed by atoms with E-state index in [0.29, 0.717) is 13.0 Å². The summed E-state index contributed by atoms with van der Waals surface area (Å²) in [6, 6.07) is 0. The minimum Gasteiger partial charge on any atom is -0.457 e. The molecule has 0 aromatic rings. The lowest BCUT2D eigenvalue weighted by Crippen LogP contribution is -2.60. The van der Waals surface area contributed by atoms with E-state index < -0.39 is 59.8 Å². The van der Waals surface area contributed by atoms with Gasteiger partial charge in [0.05, 0.1) is 19.8 Å². The molecule has 0 amide bonds. The highest BCUT2D eigenvalue weighted by Gasteiger charge is 2.48. The number of unbranched alkanes of at least 4 members (excludes halogenated alkanes) is 17. The molecular formula is C51H88O12S. The Morgan fingerprint density at radius 2 is 1.08 bits per heavy atom. The second-order valence-corrected chi connectivity index (χ2v) is 17.7. The van der Waals surface area contributed by atoms with E-state index in [2.05, 4.69) is 90.9 Å². The van der Waals surface area contributed by atoms with Gasteiger partial charge in [-0.05, 0) is 64.2 Å². The molecular weight excluding hydrogens is 837 g/mol. The number of allylic oxidation sites excluding steroid dienone is 12. The van der Waals surface area contributed by atoms with Crippen molar-refractivity contribution in [2.45, 2.75) is 218 Å². The average Bonchev–Trinajstić information content (AvgIpc) is 3.27. The van der Waals surface area contributed by atoms with Crippen LogP contribution in [0.15, 0.2) is 72.9 Å². The normalized spacial score (nSPS) is 20.4. The van der Waals surface area contributed by atoms with E-state index >= 15 is 0 Å². The molecule has 64 heavy (non-hydrogen) atoms. The van der Waals surface area contributed by atoms with Crippen LogP contribution < -0.4 is 0 Å². The minimum absolute atomic E-state index is 0.0262. The lowest BCUT2D eigenvalue weighted by Gasteiger charge is -2.41. The second-order valence-electron chi connectivity index (χ2n) is 16.7. The monoisotopic (exact) mass is 925 g/mol. The molecule has 1 aliphatic heterocycles. The molecule has 0 saturated carbocycles. The Balaban J connectivity index is 2.33. The van der Waals surface area contributed by atoms with Crippen LogP contribution in [0.1, 0.15) is 181 Å². The fraction of sp³-hybridized carbons (Fsp3) is 0.745. The number of aliphatic hydroxyl groups excluding tert-OH is 3. The first kappa shape index (κ1) is 59.6. The third-order valence-corrected chi connectivity index (χ3v) is 11.3. The first-order valence-electron chi connectivity index (χ1n) is 24.7. The zero-order valence-corrected chi connectivity index (χ0v) is 40.4. The summed E-state index contributed by atoms with van der Waals surface area (Å²) in [6.07, 6.45) is 45.1. The van der Waals surface area contributed by atoms with Crippen LogP contribution in [0.5, 0.6) is 0 Å². The molecule has 1 aliphatic rings. The Kier molecular flexibility index (Phi) is 39.0. The molecule has 370 valence electrons. The summed E-state index contributed by atoms with van der Waals surface area (Å²) in [4.78, 5) is 12.8. The number of hydrogen-bond donors (Lipinski definition) is 4. The number of esters is 1. The van der Waals surface area contributed by atoms with E-state index in [1.54, 1.807) is 0 Å². The highest BCUT2D eigenvalue weighted by Crippen LogP contribution is 2.26. The molecule has 0 aliphatic carbocycles. The molecule has 1 fully saturated rings. The van der Waals surface area contributed by atoms with E-state index in [9.17, 15) is 28.5 Å². The molecule has 1 saturated heterocycles. The van der Waals surface area contributed by atoms with Gasteiger partial charge < -0.3 is 34.3 Å². The Hall–Kier alpha value is -2.46. The van der Waals surface area contributed by atoms with Crippen molar-refractivity contribution in [1.82, 2.24) is 0 Å². The van der Waals surface area contributed by atoms with Crippen molar-refractivity contribution in [3.63, 3.8) is 0 Å². The van der Waals surface area contributed by atoms with Crippen molar-refractivity contribution in [2.75, 3.05) is 26.4 Å². The number of rotatable bonds is 42. The van der Waals surface area contributed by atoms with E-state index in [-0.39, 0.29) is 19.6 Å². The van der Waals surface area contributed by atoms with Crippen molar-refractivity contribution in [2.24, 2.45) is 0 Å². The molecule has 0 radical (unpaired) electrons. The van der Waals surface area contributed by atoms with Crippen LogP contribution in [-0.2, 0) is 38.3 Å². The first-order chi connectivity index (χ1) is 31.1. The van der Waals surface area contributed by atoms with Gasteiger partial charge in [-0.25, -0.2) is 4.18 Å². The Morgan fingerprint density at radius 3 is 1.58 bits per heavy atom. The molecule has 6 unspecified atom stereocenters. The van der Waals surface area contributed by atoms with Crippen LogP contribution in [0.4, 0.5) is 0 Å². The SMILES string of the molecule is CC/C=C\C/C=C\C/C=C\C/C=C\C/C=C\C/C=C\CCCCCCCCCOCC(COC1OC(CO)C(O)C(OS(=O)(=O)O)C1O)OC(=O)CCCCCCCCCCCCC. The molecule has 6 atom stereocenters. The quantitative estimate of drug-likeness (QED) is 0.0197. The van der Waals surface area contributed by atoms with Gasteiger partial charge in [-0.2, -0.15) is 8.42 Å². The summed E-state index contributed by atoms with van der Waals surface area (Å²) in [7, 11) is -5.07. The van der Waals surface area contributed by atoms with Gasteiger partial charge >= 0.3 is 16.4 Å². The van der Waals surface area contributed by atoms with Crippen molar-refractivity contribution >= 4 is 16.4 Å². The molecule has 12 nitrogen and oxygen atoms in total. The third kappa shape index (κ3) is 34.8. The van der Waals surface area contributed by atoms with Gasteiger partial charge in [0.1, 0.15) is 30.5 Å². The number of carbonyl (C=O) groups is 1. The van der Waals surface area contributed by atoms with Gasteiger partial charge in [0, 0.05) is 13.0 Å². The lowest BCUT2D eigenvalue weighted by molar-refractivity contribution is -0.301. The summed E-state index contributed by atoms with van der Waals surface area (Å²) < 4.78 is 59.1. The highest BCUT2D eigenvalue weighted by molar-refractivity contribution is 7.80. The lowest BCUT2D eigenvalue weighted by atomic mass is 9.99. The van der Waals surface area contributed by atoms with Crippen LogP contribution in [0, 0.1) is 0 Å². The molecule has 0 aromatic heterocycles. The molecule has 1 heterocycles. The summed E-state index contributed by atoms with van der Waals surface area (Å²) in [6.45, 7) is 3.83. The maximum Gasteiger partial charge on any atom is 0.397 e. The topological polar surface area (TPSA) is 178 Å². The van der Waals surface area contributed by atoms with E-state index in [4.69, 9.17) is 23.5 Å². The van der Waals surface area contributed by atoms with Crippen molar-refractivity contribution < 1.29 is 56.2 Å². The minimum atomic E-state index is -5.07. The predicted octanol–water partition coefficient (Wildman–Crippen LogP) is 11.1. The van der Waals surface area contributed by atoms with Crippen LogP contribution >= 0.6 is 0 Å². The maximum absolute atomic E-state index is 12.8. The van der Waals surface area contributed by atoms with Gasteiger partial charge in [-0.1, -0.05) is 183 Å². The average molecular weight is 925 g/mol. The second kappa shape index (κ2) is 41.9. The maximum atomic E-state index is 12.8. The fourth-order valence-electron chi connectivity index (χ4n) is 7.15. The highest BCUT2D eigenvalue weighted by atomic mass is 32.3. The number of ether oxygens (including phenoxy) is 4. The zero-order chi connectivity index (χ0) is 46.8. The molecule has 1 rings (SSSR count). The van der Waals surface area contributed by atoms with Gasteiger partial charge in [0.2, 0.25) is 0 Å². The van der Waals surface area contributed by atoms with E-state index in [1.807, 2.05) is 0 Å². The third-order valence-electron chi connectivity index (χ3n) is 10.8. The van der Waals surface area contributed by atoms with E-state index in [1.165, 1.54) is 64.2 Å². The Bertz CT molecular complexity index is 1390.